The van der Waals surface area contributed by atoms with E-state index in [2.05, 4.69) is 10.4 Å². The van der Waals surface area contributed by atoms with Crippen molar-refractivity contribution in [2.24, 2.45) is 0 Å². The van der Waals surface area contributed by atoms with E-state index in [1.807, 2.05) is 31.3 Å². The molecule has 1 unspecified atom stereocenters. The van der Waals surface area contributed by atoms with Gasteiger partial charge in [-0.1, -0.05) is 6.92 Å². The quantitative estimate of drug-likeness (QED) is 0.872. The Balaban J connectivity index is 2.01. The molecule has 5 heteroatoms. The highest BCUT2D eigenvalue weighted by Crippen LogP contribution is 2.10. The molecule has 0 aliphatic carbocycles. The lowest BCUT2D eigenvalue weighted by Crippen LogP contribution is -2.40. The zero-order valence-corrected chi connectivity index (χ0v) is 11.7. The molecule has 1 amide bonds. The van der Waals surface area contributed by atoms with Crippen molar-refractivity contribution >= 4 is 5.91 Å². The minimum Gasteiger partial charge on any atom is -0.388 e. The van der Waals surface area contributed by atoms with Crippen LogP contribution in [-0.4, -0.2) is 32.9 Å². The molecular weight excluding hydrogens is 254 g/mol. The maximum absolute atomic E-state index is 12.0. The van der Waals surface area contributed by atoms with Crippen LogP contribution in [-0.2, 0) is 0 Å². The molecule has 0 aliphatic rings. The number of benzene rings is 1. The van der Waals surface area contributed by atoms with E-state index in [0.717, 1.165) is 5.69 Å². The van der Waals surface area contributed by atoms with Gasteiger partial charge in [-0.2, -0.15) is 5.10 Å². The monoisotopic (exact) mass is 273 g/mol. The second-order valence-electron chi connectivity index (χ2n) is 5.03. The Kier molecular flexibility index (Phi) is 4.20. The van der Waals surface area contributed by atoms with E-state index in [-0.39, 0.29) is 12.5 Å². The summed E-state index contributed by atoms with van der Waals surface area (Å²) in [7, 11) is 0. The van der Waals surface area contributed by atoms with E-state index >= 15 is 0 Å². The van der Waals surface area contributed by atoms with Crippen LogP contribution >= 0.6 is 0 Å². The molecule has 2 aromatic rings. The highest BCUT2D eigenvalue weighted by atomic mass is 16.3. The molecule has 0 radical (unpaired) electrons. The Morgan fingerprint density at radius 3 is 2.65 bits per heavy atom. The Hall–Kier alpha value is -2.14. The molecule has 2 N–H and O–H groups in total. The van der Waals surface area contributed by atoms with Gasteiger partial charge in [-0.05, 0) is 43.7 Å². The summed E-state index contributed by atoms with van der Waals surface area (Å²) < 4.78 is 1.73. The number of nitrogens with zero attached hydrogens (tertiary/aromatic N) is 2. The van der Waals surface area contributed by atoms with Gasteiger partial charge in [0.1, 0.15) is 0 Å². The second kappa shape index (κ2) is 5.88. The number of rotatable bonds is 5. The fourth-order valence-corrected chi connectivity index (χ4v) is 1.68. The molecule has 1 aromatic heterocycles. The van der Waals surface area contributed by atoms with Crippen molar-refractivity contribution in [2.75, 3.05) is 6.54 Å². The second-order valence-corrected chi connectivity index (χ2v) is 5.03. The largest absolute Gasteiger partial charge is 0.388 e. The van der Waals surface area contributed by atoms with Gasteiger partial charge in [0.15, 0.2) is 0 Å². The summed E-state index contributed by atoms with van der Waals surface area (Å²) in [5, 5.41) is 16.7. The lowest BCUT2D eigenvalue weighted by Gasteiger charge is -2.21. The summed E-state index contributed by atoms with van der Waals surface area (Å²) in [6, 6.07) is 8.99. The number of carbonyl (C=O) groups excluding carboxylic acids is 1. The summed E-state index contributed by atoms with van der Waals surface area (Å²) in [6.07, 6.45) is 4.13. The SMILES string of the molecule is CCC(C)(O)CNC(=O)c1ccc(-n2cccn2)cc1. The van der Waals surface area contributed by atoms with E-state index < -0.39 is 5.60 Å². The minimum atomic E-state index is -0.870. The Bertz CT molecular complexity index is 559. The molecule has 1 aromatic carbocycles. The first-order valence-corrected chi connectivity index (χ1v) is 6.62. The third kappa shape index (κ3) is 3.45. The van der Waals surface area contributed by atoms with Crippen molar-refractivity contribution in [3.63, 3.8) is 0 Å². The van der Waals surface area contributed by atoms with E-state index in [1.54, 1.807) is 29.9 Å². The fraction of sp³-hybridized carbons (Fsp3) is 0.333. The minimum absolute atomic E-state index is 0.189. The molecule has 0 saturated heterocycles. The summed E-state index contributed by atoms with van der Waals surface area (Å²) in [4.78, 5) is 12.0. The molecule has 0 fully saturated rings. The zero-order chi connectivity index (χ0) is 14.6. The standard InChI is InChI=1S/C15H19N3O2/c1-3-15(2,20)11-16-14(19)12-5-7-13(8-6-12)18-10-4-9-17-18/h4-10,20H,3,11H2,1-2H3,(H,16,19). The third-order valence-electron chi connectivity index (χ3n) is 3.29. The topological polar surface area (TPSA) is 67.2 Å². The normalized spacial score (nSPS) is 13.8. The predicted octanol–water partition coefficient (Wildman–Crippen LogP) is 1.76. The average Bonchev–Trinajstić information content (AvgIpc) is 2.99. The van der Waals surface area contributed by atoms with Gasteiger partial charge in [0, 0.05) is 24.5 Å². The maximum Gasteiger partial charge on any atom is 0.251 e. The van der Waals surface area contributed by atoms with Gasteiger partial charge in [-0.15, -0.1) is 0 Å². The van der Waals surface area contributed by atoms with Gasteiger partial charge < -0.3 is 10.4 Å². The van der Waals surface area contributed by atoms with E-state index in [1.165, 1.54) is 0 Å². The van der Waals surface area contributed by atoms with Crippen LogP contribution in [0.5, 0.6) is 0 Å². The first-order chi connectivity index (χ1) is 9.52. The number of aromatic nitrogens is 2. The Labute approximate surface area is 118 Å². The van der Waals surface area contributed by atoms with Crippen LogP contribution in [0.2, 0.25) is 0 Å². The van der Waals surface area contributed by atoms with Crippen molar-refractivity contribution in [2.45, 2.75) is 25.9 Å². The number of hydrogen-bond donors (Lipinski definition) is 2. The van der Waals surface area contributed by atoms with Gasteiger partial charge in [0.2, 0.25) is 0 Å². The maximum atomic E-state index is 12.0. The molecule has 0 saturated carbocycles. The van der Waals surface area contributed by atoms with E-state index in [4.69, 9.17) is 0 Å². The Morgan fingerprint density at radius 2 is 2.10 bits per heavy atom. The summed E-state index contributed by atoms with van der Waals surface area (Å²) in [5.41, 5.74) is 0.588. The van der Waals surface area contributed by atoms with Crippen LogP contribution in [0.1, 0.15) is 30.6 Å². The average molecular weight is 273 g/mol. The zero-order valence-electron chi connectivity index (χ0n) is 11.7. The predicted molar refractivity (Wildman–Crippen MR) is 76.8 cm³/mol. The molecule has 1 heterocycles. The van der Waals surface area contributed by atoms with Crippen LogP contribution in [0.4, 0.5) is 0 Å². The summed E-state index contributed by atoms with van der Waals surface area (Å²) in [6.45, 7) is 3.82. The molecule has 0 bridgehead atoms. The van der Waals surface area contributed by atoms with Crippen LogP contribution < -0.4 is 5.32 Å². The molecule has 20 heavy (non-hydrogen) atoms. The first-order valence-electron chi connectivity index (χ1n) is 6.62. The number of hydrogen-bond acceptors (Lipinski definition) is 3. The van der Waals surface area contributed by atoms with Crippen LogP contribution in [0, 0.1) is 0 Å². The number of carbonyl (C=O) groups is 1. The smallest absolute Gasteiger partial charge is 0.251 e. The molecule has 106 valence electrons. The van der Waals surface area contributed by atoms with Gasteiger partial charge >= 0.3 is 0 Å². The molecule has 0 aliphatic heterocycles. The lowest BCUT2D eigenvalue weighted by molar-refractivity contribution is 0.0518. The van der Waals surface area contributed by atoms with Crippen LogP contribution in [0.3, 0.4) is 0 Å². The van der Waals surface area contributed by atoms with E-state index in [0.29, 0.717) is 12.0 Å². The molecule has 5 nitrogen and oxygen atoms in total. The van der Waals surface area contributed by atoms with Gasteiger partial charge in [-0.25, -0.2) is 4.68 Å². The Morgan fingerprint density at radius 1 is 1.40 bits per heavy atom. The number of nitrogens with one attached hydrogen (secondary N) is 1. The van der Waals surface area contributed by atoms with Crippen molar-refractivity contribution < 1.29 is 9.90 Å². The van der Waals surface area contributed by atoms with Crippen molar-refractivity contribution in [3.05, 3.63) is 48.3 Å². The number of amides is 1. The molecule has 2 rings (SSSR count). The summed E-state index contributed by atoms with van der Waals surface area (Å²) >= 11 is 0. The van der Waals surface area contributed by atoms with Gasteiger partial charge in [0.05, 0.1) is 11.3 Å². The fourth-order valence-electron chi connectivity index (χ4n) is 1.68. The van der Waals surface area contributed by atoms with Crippen molar-refractivity contribution in [3.8, 4) is 5.69 Å². The van der Waals surface area contributed by atoms with Crippen molar-refractivity contribution in [1.29, 1.82) is 0 Å². The number of aliphatic hydroxyl groups is 1. The summed E-state index contributed by atoms with van der Waals surface area (Å²) in [5.74, 6) is -0.189. The van der Waals surface area contributed by atoms with E-state index in [9.17, 15) is 9.90 Å². The molecular formula is C15H19N3O2. The van der Waals surface area contributed by atoms with Crippen LogP contribution in [0.25, 0.3) is 5.69 Å². The van der Waals surface area contributed by atoms with Crippen molar-refractivity contribution in [1.82, 2.24) is 15.1 Å². The molecule has 0 spiro atoms. The van der Waals surface area contributed by atoms with Gasteiger partial charge in [0.25, 0.3) is 5.91 Å². The first kappa shape index (κ1) is 14.3. The highest BCUT2D eigenvalue weighted by Gasteiger charge is 2.18. The lowest BCUT2D eigenvalue weighted by atomic mass is 10.0. The van der Waals surface area contributed by atoms with Gasteiger partial charge in [-0.3, -0.25) is 4.79 Å². The third-order valence-corrected chi connectivity index (χ3v) is 3.29. The van der Waals surface area contributed by atoms with Crippen LogP contribution in [0.15, 0.2) is 42.7 Å². The highest BCUT2D eigenvalue weighted by molar-refractivity contribution is 5.94. The molecule has 1 atom stereocenters.